The van der Waals surface area contributed by atoms with Crippen molar-refractivity contribution in [2.45, 2.75) is 13.1 Å². The number of phenols is 1. The second-order valence-corrected chi connectivity index (χ2v) is 4.93. The highest BCUT2D eigenvalue weighted by molar-refractivity contribution is 6.31. The van der Waals surface area contributed by atoms with Gasteiger partial charge in [-0.15, -0.1) is 0 Å². The van der Waals surface area contributed by atoms with Gasteiger partial charge in [0, 0.05) is 35.3 Å². The number of hydrogen-bond donors (Lipinski definition) is 2. The Morgan fingerprint density at radius 1 is 1.10 bits per heavy atom. The lowest BCUT2D eigenvalue weighted by molar-refractivity contribution is 0.404. The SMILES string of the molecule is COc1ccc(CNCc2c(Cl)cccc2OC)c(O)c1. The average molecular weight is 308 g/mol. The van der Waals surface area contributed by atoms with Crippen LogP contribution in [0.5, 0.6) is 17.2 Å². The van der Waals surface area contributed by atoms with E-state index in [9.17, 15) is 5.11 Å². The second-order valence-electron chi connectivity index (χ2n) is 4.52. The molecule has 0 aliphatic heterocycles. The van der Waals surface area contributed by atoms with E-state index in [1.165, 1.54) is 0 Å². The average Bonchev–Trinajstić information content (AvgIpc) is 2.50. The van der Waals surface area contributed by atoms with Gasteiger partial charge in [0.2, 0.25) is 0 Å². The number of aromatic hydroxyl groups is 1. The molecule has 0 aliphatic rings. The van der Waals surface area contributed by atoms with E-state index >= 15 is 0 Å². The molecule has 2 aromatic rings. The van der Waals surface area contributed by atoms with Gasteiger partial charge in [0.1, 0.15) is 17.2 Å². The molecule has 2 N–H and O–H groups in total. The van der Waals surface area contributed by atoms with Gasteiger partial charge >= 0.3 is 0 Å². The van der Waals surface area contributed by atoms with Crippen LogP contribution in [0.4, 0.5) is 0 Å². The molecule has 0 fully saturated rings. The molecule has 5 heteroatoms. The molecule has 2 rings (SSSR count). The Morgan fingerprint density at radius 2 is 1.90 bits per heavy atom. The van der Waals surface area contributed by atoms with Gasteiger partial charge in [0.25, 0.3) is 0 Å². The zero-order chi connectivity index (χ0) is 15.2. The summed E-state index contributed by atoms with van der Waals surface area (Å²) in [7, 11) is 3.18. The molecule has 0 aliphatic carbocycles. The second kappa shape index (κ2) is 7.20. The number of halogens is 1. The van der Waals surface area contributed by atoms with Crippen molar-refractivity contribution in [3.05, 3.63) is 52.5 Å². The highest BCUT2D eigenvalue weighted by Gasteiger charge is 2.08. The lowest BCUT2D eigenvalue weighted by Gasteiger charge is -2.12. The molecule has 0 radical (unpaired) electrons. The summed E-state index contributed by atoms with van der Waals surface area (Å²) in [5.74, 6) is 1.57. The standard InChI is InChI=1S/C16H18ClNO3/c1-20-12-7-6-11(15(19)8-12)9-18-10-13-14(17)4-3-5-16(13)21-2/h3-8,18-19H,9-10H2,1-2H3. The van der Waals surface area contributed by atoms with Crippen molar-refractivity contribution in [3.8, 4) is 17.2 Å². The maximum Gasteiger partial charge on any atom is 0.124 e. The third-order valence-electron chi connectivity index (χ3n) is 3.21. The van der Waals surface area contributed by atoms with Crippen LogP contribution in [0.15, 0.2) is 36.4 Å². The van der Waals surface area contributed by atoms with Crippen LogP contribution in [0.25, 0.3) is 0 Å². The fourth-order valence-electron chi connectivity index (χ4n) is 2.04. The summed E-state index contributed by atoms with van der Waals surface area (Å²) in [6, 6.07) is 10.8. The van der Waals surface area contributed by atoms with E-state index in [0.29, 0.717) is 23.9 Å². The van der Waals surface area contributed by atoms with E-state index < -0.39 is 0 Å². The first-order chi connectivity index (χ1) is 10.2. The van der Waals surface area contributed by atoms with E-state index in [2.05, 4.69) is 5.32 Å². The van der Waals surface area contributed by atoms with Gasteiger partial charge in [-0.2, -0.15) is 0 Å². The molecule has 0 amide bonds. The van der Waals surface area contributed by atoms with Crippen molar-refractivity contribution >= 4 is 11.6 Å². The number of methoxy groups -OCH3 is 2. The van der Waals surface area contributed by atoms with Crippen molar-refractivity contribution in [3.63, 3.8) is 0 Å². The highest BCUT2D eigenvalue weighted by atomic mass is 35.5. The fourth-order valence-corrected chi connectivity index (χ4v) is 2.28. The molecular formula is C16H18ClNO3. The number of ether oxygens (including phenoxy) is 2. The van der Waals surface area contributed by atoms with Crippen molar-refractivity contribution in [1.29, 1.82) is 0 Å². The molecule has 0 spiro atoms. The molecule has 0 unspecified atom stereocenters. The predicted molar refractivity (Wildman–Crippen MR) is 83.2 cm³/mol. The smallest absolute Gasteiger partial charge is 0.124 e. The Morgan fingerprint density at radius 3 is 2.57 bits per heavy atom. The Balaban J connectivity index is 2.02. The van der Waals surface area contributed by atoms with E-state index in [1.807, 2.05) is 30.3 Å². The van der Waals surface area contributed by atoms with Gasteiger partial charge in [0.05, 0.1) is 14.2 Å². The maximum atomic E-state index is 9.90. The van der Waals surface area contributed by atoms with E-state index in [1.54, 1.807) is 20.3 Å². The minimum absolute atomic E-state index is 0.202. The molecule has 0 saturated carbocycles. The predicted octanol–water partition coefficient (Wildman–Crippen LogP) is 3.35. The van der Waals surface area contributed by atoms with Gasteiger partial charge in [0.15, 0.2) is 0 Å². The summed E-state index contributed by atoms with van der Waals surface area (Å²) in [4.78, 5) is 0. The van der Waals surface area contributed by atoms with Gasteiger partial charge in [-0.25, -0.2) is 0 Å². The lowest BCUT2D eigenvalue weighted by atomic mass is 10.1. The van der Waals surface area contributed by atoms with Crippen LogP contribution in [0.3, 0.4) is 0 Å². The minimum Gasteiger partial charge on any atom is -0.507 e. The highest BCUT2D eigenvalue weighted by Crippen LogP contribution is 2.27. The fraction of sp³-hybridized carbons (Fsp3) is 0.250. The molecule has 0 heterocycles. The quantitative estimate of drug-likeness (QED) is 0.859. The van der Waals surface area contributed by atoms with Crippen molar-refractivity contribution < 1.29 is 14.6 Å². The van der Waals surface area contributed by atoms with Crippen LogP contribution < -0.4 is 14.8 Å². The van der Waals surface area contributed by atoms with Gasteiger partial charge in [-0.05, 0) is 18.2 Å². The van der Waals surface area contributed by atoms with Crippen molar-refractivity contribution in [1.82, 2.24) is 5.32 Å². The van der Waals surface area contributed by atoms with Gasteiger partial charge < -0.3 is 19.9 Å². The minimum atomic E-state index is 0.202. The normalized spacial score (nSPS) is 10.4. The zero-order valence-electron chi connectivity index (χ0n) is 12.0. The summed E-state index contributed by atoms with van der Waals surface area (Å²) in [5, 5.41) is 13.8. The molecule has 21 heavy (non-hydrogen) atoms. The molecule has 112 valence electrons. The van der Waals surface area contributed by atoms with Crippen LogP contribution in [0.1, 0.15) is 11.1 Å². The van der Waals surface area contributed by atoms with Crippen LogP contribution in [-0.2, 0) is 13.1 Å². The lowest BCUT2D eigenvalue weighted by Crippen LogP contribution is -2.14. The number of nitrogens with one attached hydrogen (secondary N) is 1. The first kappa shape index (κ1) is 15.5. The van der Waals surface area contributed by atoms with E-state index in [0.717, 1.165) is 16.9 Å². The third kappa shape index (κ3) is 3.80. The largest absolute Gasteiger partial charge is 0.507 e. The summed E-state index contributed by atoms with van der Waals surface area (Å²) >= 11 is 6.17. The van der Waals surface area contributed by atoms with E-state index in [4.69, 9.17) is 21.1 Å². The molecular weight excluding hydrogens is 290 g/mol. The summed E-state index contributed by atoms with van der Waals surface area (Å²) in [5.41, 5.74) is 1.69. The molecule has 4 nitrogen and oxygen atoms in total. The zero-order valence-corrected chi connectivity index (χ0v) is 12.8. The molecule has 0 bridgehead atoms. The van der Waals surface area contributed by atoms with Crippen LogP contribution in [0.2, 0.25) is 5.02 Å². The van der Waals surface area contributed by atoms with Crippen molar-refractivity contribution in [2.24, 2.45) is 0 Å². The molecule has 0 atom stereocenters. The molecule has 2 aromatic carbocycles. The van der Waals surface area contributed by atoms with Gasteiger partial charge in [-0.1, -0.05) is 23.7 Å². The number of hydrogen-bond acceptors (Lipinski definition) is 4. The Kier molecular flexibility index (Phi) is 5.31. The topological polar surface area (TPSA) is 50.7 Å². The number of benzene rings is 2. The van der Waals surface area contributed by atoms with Gasteiger partial charge in [-0.3, -0.25) is 0 Å². The van der Waals surface area contributed by atoms with Crippen molar-refractivity contribution in [2.75, 3.05) is 14.2 Å². The first-order valence-electron chi connectivity index (χ1n) is 6.53. The number of rotatable bonds is 6. The summed E-state index contributed by atoms with van der Waals surface area (Å²) in [6.07, 6.45) is 0. The monoisotopic (exact) mass is 307 g/mol. The first-order valence-corrected chi connectivity index (χ1v) is 6.91. The Labute approximate surface area is 129 Å². The van der Waals surface area contributed by atoms with E-state index in [-0.39, 0.29) is 5.75 Å². The molecule has 0 aromatic heterocycles. The maximum absolute atomic E-state index is 9.90. The Bertz CT molecular complexity index is 616. The summed E-state index contributed by atoms with van der Waals surface area (Å²) in [6.45, 7) is 1.07. The summed E-state index contributed by atoms with van der Waals surface area (Å²) < 4.78 is 10.3. The van der Waals surface area contributed by atoms with Crippen LogP contribution >= 0.6 is 11.6 Å². The van der Waals surface area contributed by atoms with Crippen LogP contribution in [0, 0.1) is 0 Å². The number of phenolic OH excluding ortho intramolecular Hbond substituents is 1. The van der Waals surface area contributed by atoms with Crippen LogP contribution in [-0.4, -0.2) is 19.3 Å². The Hall–Kier alpha value is -1.91. The molecule has 0 saturated heterocycles. The third-order valence-corrected chi connectivity index (χ3v) is 3.56.